The number of rotatable bonds is 4. The Morgan fingerprint density at radius 2 is 1.96 bits per heavy atom. The molecule has 2 aliphatic rings. The van der Waals surface area contributed by atoms with Crippen LogP contribution in [-0.2, 0) is 12.8 Å². The number of hydrogen-bond donors (Lipinski definition) is 0. The molecule has 27 heavy (non-hydrogen) atoms. The van der Waals surface area contributed by atoms with Gasteiger partial charge in [0.2, 0.25) is 0 Å². The van der Waals surface area contributed by atoms with Gasteiger partial charge in [-0.05, 0) is 67.5 Å². The monoisotopic (exact) mass is 377 g/mol. The molecule has 2 aliphatic heterocycles. The van der Waals surface area contributed by atoms with Gasteiger partial charge in [-0.1, -0.05) is 18.2 Å². The Bertz CT molecular complexity index is 940. The lowest BCUT2D eigenvalue weighted by atomic mass is 10.0. The fourth-order valence-electron chi connectivity index (χ4n) is 4.69. The van der Waals surface area contributed by atoms with Gasteiger partial charge in [0, 0.05) is 37.9 Å². The first-order valence-corrected chi connectivity index (χ1v) is 11.0. The summed E-state index contributed by atoms with van der Waals surface area (Å²) >= 11 is 1.74. The van der Waals surface area contributed by atoms with Crippen molar-refractivity contribution in [1.82, 2.24) is 9.88 Å². The van der Waals surface area contributed by atoms with Gasteiger partial charge in [-0.25, -0.2) is 4.98 Å². The highest BCUT2D eigenvalue weighted by atomic mass is 32.1. The zero-order valence-electron chi connectivity index (χ0n) is 16.0. The number of hydrogen-bond acceptors (Lipinski definition) is 4. The molecule has 4 heteroatoms. The van der Waals surface area contributed by atoms with E-state index in [4.69, 9.17) is 0 Å². The molecular weight excluding hydrogens is 350 g/mol. The first-order chi connectivity index (χ1) is 13.3. The van der Waals surface area contributed by atoms with Crippen LogP contribution in [-0.4, -0.2) is 42.1 Å². The zero-order chi connectivity index (χ0) is 18.2. The third kappa shape index (κ3) is 3.48. The normalized spacial score (nSPS) is 18.3. The largest absolute Gasteiger partial charge is 0.368 e. The maximum Gasteiger partial charge on any atom is 0.0812 e. The third-order valence-corrected chi connectivity index (χ3v) is 7.07. The minimum Gasteiger partial charge on any atom is -0.368 e. The fourth-order valence-corrected chi connectivity index (χ4v) is 5.43. The van der Waals surface area contributed by atoms with E-state index in [2.05, 4.69) is 58.1 Å². The summed E-state index contributed by atoms with van der Waals surface area (Å²) < 4.78 is 1.31. The lowest BCUT2D eigenvalue weighted by Gasteiger charge is -2.38. The van der Waals surface area contributed by atoms with Crippen molar-refractivity contribution in [2.24, 2.45) is 0 Å². The Hall–Kier alpha value is -1.91. The summed E-state index contributed by atoms with van der Waals surface area (Å²) in [5, 5.41) is 0. The zero-order valence-corrected chi connectivity index (χ0v) is 16.8. The molecule has 3 aromatic rings. The Morgan fingerprint density at radius 1 is 1.07 bits per heavy atom. The second kappa shape index (κ2) is 7.25. The van der Waals surface area contributed by atoms with E-state index in [1.807, 2.05) is 5.51 Å². The fraction of sp³-hybridized carbons (Fsp3) is 0.435. The van der Waals surface area contributed by atoms with Crippen LogP contribution in [0.1, 0.15) is 29.5 Å². The first kappa shape index (κ1) is 17.2. The molecule has 0 amide bonds. The molecule has 0 spiro atoms. The number of benzene rings is 2. The van der Waals surface area contributed by atoms with Gasteiger partial charge in [-0.15, -0.1) is 11.3 Å². The van der Waals surface area contributed by atoms with E-state index in [0.29, 0.717) is 0 Å². The van der Waals surface area contributed by atoms with Crippen LogP contribution in [0.15, 0.2) is 41.9 Å². The molecule has 1 saturated heterocycles. The van der Waals surface area contributed by atoms with Gasteiger partial charge in [0.1, 0.15) is 0 Å². The molecule has 0 unspecified atom stereocenters. The molecule has 0 radical (unpaired) electrons. The van der Waals surface area contributed by atoms with Gasteiger partial charge in [0.15, 0.2) is 0 Å². The van der Waals surface area contributed by atoms with Crippen molar-refractivity contribution in [2.75, 3.05) is 31.1 Å². The van der Waals surface area contributed by atoms with Crippen molar-refractivity contribution >= 4 is 27.2 Å². The number of piperidine rings is 1. The van der Waals surface area contributed by atoms with E-state index in [9.17, 15) is 0 Å². The summed E-state index contributed by atoms with van der Waals surface area (Å²) in [6.45, 7) is 7.05. The minimum absolute atomic E-state index is 0.720. The van der Waals surface area contributed by atoms with Crippen molar-refractivity contribution in [2.45, 2.75) is 38.6 Å². The Morgan fingerprint density at radius 3 is 2.85 bits per heavy atom. The number of thiazole rings is 1. The predicted molar refractivity (Wildman–Crippen MR) is 115 cm³/mol. The number of aryl methyl sites for hydroxylation is 1. The Kier molecular flexibility index (Phi) is 4.62. The molecule has 2 aromatic carbocycles. The van der Waals surface area contributed by atoms with Crippen molar-refractivity contribution < 1.29 is 0 Å². The van der Waals surface area contributed by atoms with Crippen molar-refractivity contribution in [1.29, 1.82) is 0 Å². The van der Waals surface area contributed by atoms with Gasteiger partial charge in [0.25, 0.3) is 0 Å². The molecular formula is C23H27N3S. The lowest BCUT2D eigenvalue weighted by Crippen LogP contribution is -2.45. The molecule has 3 heterocycles. The summed E-state index contributed by atoms with van der Waals surface area (Å²) in [5.41, 5.74) is 8.95. The van der Waals surface area contributed by atoms with Crippen LogP contribution >= 0.6 is 11.3 Å². The molecule has 0 bridgehead atoms. The Labute approximate surface area is 165 Å². The first-order valence-electron chi connectivity index (χ1n) is 10.2. The molecule has 0 N–H and O–H groups in total. The van der Waals surface area contributed by atoms with Crippen molar-refractivity contribution in [3.05, 3.63) is 58.6 Å². The quantitative estimate of drug-likeness (QED) is 0.658. The average Bonchev–Trinajstić information content (AvgIpc) is 3.33. The van der Waals surface area contributed by atoms with Crippen LogP contribution in [0, 0.1) is 6.92 Å². The van der Waals surface area contributed by atoms with Gasteiger partial charge in [0.05, 0.1) is 15.7 Å². The van der Waals surface area contributed by atoms with E-state index in [0.717, 1.165) is 18.0 Å². The van der Waals surface area contributed by atoms with Crippen LogP contribution in [0.25, 0.3) is 10.2 Å². The minimum atomic E-state index is 0.720. The molecule has 0 saturated carbocycles. The molecule has 140 valence electrons. The summed E-state index contributed by atoms with van der Waals surface area (Å²) in [7, 11) is 0. The lowest BCUT2D eigenvalue weighted by molar-refractivity contribution is 0.212. The molecule has 0 aliphatic carbocycles. The average molecular weight is 378 g/mol. The molecule has 5 rings (SSSR count). The number of fused-ring (bicyclic) bond motifs is 2. The molecule has 1 aromatic heterocycles. The van der Waals surface area contributed by atoms with Gasteiger partial charge < -0.3 is 9.80 Å². The van der Waals surface area contributed by atoms with Crippen LogP contribution in [0.2, 0.25) is 0 Å². The molecule has 1 fully saturated rings. The smallest absolute Gasteiger partial charge is 0.0812 e. The van der Waals surface area contributed by atoms with Crippen molar-refractivity contribution in [3.63, 3.8) is 0 Å². The second-order valence-electron chi connectivity index (χ2n) is 8.05. The van der Waals surface area contributed by atoms with Crippen LogP contribution in [0.4, 0.5) is 5.69 Å². The SMILES string of the molecule is Cc1ccc2c(c1)N(C1CCN(CCc3ccc4ncsc4c3)CC1)CC2. The highest BCUT2D eigenvalue weighted by molar-refractivity contribution is 7.16. The van der Waals surface area contributed by atoms with Crippen LogP contribution in [0.3, 0.4) is 0 Å². The van der Waals surface area contributed by atoms with E-state index in [1.54, 1.807) is 16.9 Å². The maximum absolute atomic E-state index is 4.38. The van der Waals surface area contributed by atoms with Crippen LogP contribution in [0.5, 0.6) is 0 Å². The van der Waals surface area contributed by atoms with E-state index < -0.39 is 0 Å². The predicted octanol–water partition coefficient (Wildman–Crippen LogP) is 4.67. The number of likely N-dealkylation sites (tertiary alicyclic amines) is 1. The number of nitrogens with zero attached hydrogens (tertiary/aromatic N) is 3. The maximum atomic E-state index is 4.38. The van der Waals surface area contributed by atoms with Gasteiger partial charge in [-0.2, -0.15) is 0 Å². The Balaban J connectivity index is 1.17. The summed E-state index contributed by atoms with van der Waals surface area (Å²) in [5.74, 6) is 0. The standard InChI is InChI=1S/C23H27N3S/c1-17-2-4-19-7-13-26(22(19)14-17)20-8-11-25(12-9-20)10-6-18-3-5-21-23(15-18)27-16-24-21/h2-5,14-16,20H,6-13H2,1H3. The highest BCUT2D eigenvalue weighted by Gasteiger charge is 2.29. The van der Waals surface area contributed by atoms with E-state index in [1.165, 1.54) is 67.0 Å². The van der Waals surface area contributed by atoms with Crippen LogP contribution < -0.4 is 4.90 Å². The number of anilines is 1. The highest BCUT2D eigenvalue weighted by Crippen LogP contribution is 2.33. The topological polar surface area (TPSA) is 19.4 Å². The van der Waals surface area contributed by atoms with E-state index in [-0.39, 0.29) is 0 Å². The van der Waals surface area contributed by atoms with Crippen molar-refractivity contribution in [3.8, 4) is 0 Å². The summed E-state index contributed by atoms with van der Waals surface area (Å²) in [6, 6.07) is 14.4. The summed E-state index contributed by atoms with van der Waals surface area (Å²) in [6.07, 6.45) is 4.95. The summed E-state index contributed by atoms with van der Waals surface area (Å²) in [4.78, 5) is 9.73. The van der Waals surface area contributed by atoms with Gasteiger partial charge >= 0.3 is 0 Å². The third-order valence-electron chi connectivity index (χ3n) is 6.28. The van der Waals surface area contributed by atoms with Gasteiger partial charge in [-0.3, -0.25) is 0 Å². The second-order valence-corrected chi connectivity index (χ2v) is 8.94. The molecule has 0 atom stereocenters. The molecule has 3 nitrogen and oxygen atoms in total. The van der Waals surface area contributed by atoms with E-state index >= 15 is 0 Å². The number of aromatic nitrogens is 1.